The zero-order valence-electron chi connectivity index (χ0n) is 11.9. The average Bonchev–Trinajstić information content (AvgIpc) is 2.77. The van der Waals surface area contributed by atoms with Gasteiger partial charge < -0.3 is 14.5 Å². The zero-order valence-corrected chi connectivity index (χ0v) is 12.7. The first-order chi connectivity index (χ1) is 9.46. The lowest BCUT2D eigenvalue weighted by Crippen LogP contribution is -2.48. The first-order valence-electron chi connectivity index (χ1n) is 6.73. The van der Waals surface area contributed by atoms with E-state index in [9.17, 15) is 8.42 Å². The van der Waals surface area contributed by atoms with Gasteiger partial charge in [-0.3, -0.25) is 0 Å². The standard InChI is InChI=1S/C12H21N3O4S/c1-10-12(11(2)19-13-10)20(17,18)15-7-5-14(6-8-15)4-3-9-16/h16H,3-9H2,1-2H3. The fourth-order valence-electron chi connectivity index (χ4n) is 2.46. The Hall–Kier alpha value is -0.960. The van der Waals surface area contributed by atoms with Crippen molar-refractivity contribution in [3.05, 3.63) is 11.5 Å². The second-order valence-corrected chi connectivity index (χ2v) is 6.85. The highest BCUT2D eigenvalue weighted by molar-refractivity contribution is 7.89. The maximum Gasteiger partial charge on any atom is 0.248 e. The molecule has 1 aromatic heterocycles. The Kier molecular flexibility index (Phi) is 4.79. The summed E-state index contributed by atoms with van der Waals surface area (Å²) in [5, 5.41) is 12.5. The van der Waals surface area contributed by atoms with Crippen LogP contribution in [0.2, 0.25) is 0 Å². The Balaban J connectivity index is 2.06. The van der Waals surface area contributed by atoms with Crippen molar-refractivity contribution in [1.29, 1.82) is 0 Å². The quantitative estimate of drug-likeness (QED) is 0.822. The summed E-state index contributed by atoms with van der Waals surface area (Å²) in [4.78, 5) is 2.36. The number of rotatable bonds is 5. The highest BCUT2D eigenvalue weighted by Gasteiger charge is 2.32. The van der Waals surface area contributed by atoms with Crippen LogP contribution in [0.25, 0.3) is 0 Å². The summed E-state index contributed by atoms with van der Waals surface area (Å²) in [5.74, 6) is 0.338. The number of nitrogens with zero attached hydrogens (tertiary/aromatic N) is 3. The summed E-state index contributed by atoms with van der Waals surface area (Å²) in [7, 11) is -3.52. The third-order valence-electron chi connectivity index (χ3n) is 3.53. The second-order valence-electron chi connectivity index (χ2n) is 4.98. The maximum atomic E-state index is 12.6. The Bertz CT molecular complexity index is 528. The summed E-state index contributed by atoms with van der Waals surface area (Å²) in [6.45, 7) is 6.50. The van der Waals surface area contributed by atoms with Crippen LogP contribution < -0.4 is 0 Å². The summed E-state index contributed by atoms with van der Waals surface area (Å²) >= 11 is 0. The molecule has 1 N–H and O–H groups in total. The fourth-order valence-corrected chi connectivity index (χ4v) is 4.17. The molecule has 0 spiro atoms. The minimum atomic E-state index is -3.52. The van der Waals surface area contributed by atoms with Crippen LogP contribution in [0.3, 0.4) is 0 Å². The molecule has 0 amide bonds. The van der Waals surface area contributed by atoms with E-state index in [2.05, 4.69) is 10.1 Å². The van der Waals surface area contributed by atoms with Gasteiger partial charge in [0.1, 0.15) is 10.6 Å². The molecule has 1 aliphatic rings. The van der Waals surface area contributed by atoms with Crippen molar-refractivity contribution in [3.63, 3.8) is 0 Å². The minimum Gasteiger partial charge on any atom is -0.396 e. The van der Waals surface area contributed by atoms with Crippen molar-refractivity contribution in [1.82, 2.24) is 14.4 Å². The number of aryl methyl sites for hydroxylation is 2. The van der Waals surface area contributed by atoms with Gasteiger partial charge in [0.2, 0.25) is 10.0 Å². The summed E-state index contributed by atoms with van der Waals surface area (Å²) in [6.07, 6.45) is 0.719. The van der Waals surface area contributed by atoms with Gasteiger partial charge in [0.25, 0.3) is 0 Å². The van der Waals surface area contributed by atoms with Gasteiger partial charge >= 0.3 is 0 Å². The van der Waals surface area contributed by atoms with Crippen LogP contribution >= 0.6 is 0 Å². The highest BCUT2D eigenvalue weighted by Crippen LogP contribution is 2.24. The SMILES string of the molecule is Cc1noc(C)c1S(=O)(=O)N1CCN(CCCO)CC1. The first kappa shape index (κ1) is 15.4. The smallest absolute Gasteiger partial charge is 0.248 e. The maximum absolute atomic E-state index is 12.6. The Morgan fingerprint density at radius 1 is 1.25 bits per heavy atom. The fraction of sp³-hybridized carbons (Fsp3) is 0.750. The molecule has 0 aromatic carbocycles. The van der Waals surface area contributed by atoms with E-state index >= 15 is 0 Å². The third kappa shape index (κ3) is 3.03. The van der Waals surface area contributed by atoms with E-state index in [-0.39, 0.29) is 11.5 Å². The van der Waals surface area contributed by atoms with Crippen LogP contribution in [-0.4, -0.2) is 67.2 Å². The summed E-state index contributed by atoms with van der Waals surface area (Å²) in [6, 6.07) is 0. The van der Waals surface area contributed by atoms with E-state index in [1.165, 1.54) is 4.31 Å². The molecule has 8 heteroatoms. The van der Waals surface area contributed by atoms with Gasteiger partial charge in [0.15, 0.2) is 5.76 Å². The molecule has 20 heavy (non-hydrogen) atoms. The van der Waals surface area contributed by atoms with Gasteiger partial charge in [0.05, 0.1) is 0 Å². The molecule has 0 radical (unpaired) electrons. The van der Waals surface area contributed by atoms with Crippen molar-refractivity contribution < 1.29 is 18.0 Å². The Labute approximate surface area is 119 Å². The van der Waals surface area contributed by atoms with Gasteiger partial charge in [-0.15, -0.1) is 0 Å². The van der Waals surface area contributed by atoms with Crippen molar-refractivity contribution in [2.24, 2.45) is 0 Å². The summed E-state index contributed by atoms with van der Waals surface area (Å²) in [5.41, 5.74) is 0.408. The molecule has 0 saturated carbocycles. The molecule has 0 unspecified atom stereocenters. The number of hydrogen-bond acceptors (Lipinski definition) is 6. The van der Waals surface area contributed by atoms with Gasteiger partial charge in [-0.1, -0.05) is 5.16 Å². The molecule has 7 nitrogen and oxygen atoms in total. The predicted molar refractivity (Wildman–Crippen MR) is 72.9 cm³/mol. The molecule has 1 fully saturated rings. The van der Waals surface area contributed by atoms with Crippen molar-refractivity contribution in [2.75, 3.05) is 39.3 Å². The first-order valence-corrected chi connectivity index (χ1v) is 8.17. The molecule has 0 aliphatic carbocycles. The van der Waals surface area contributed by atoms with Crippen molar-refractivity contribution in [2.45, 2.75) is 25.2 Å². The number of aromatic nitrogens is 1. The summed E-state index contributed by atoms with van der Waals surface area (Å²) < 4.78 is 31.6. The molecule has 1 aliphatic heterocycles. The van der Waals surface area contributed by atoms with Crippen LogP contribution in [0.15, 0.2) is 9.42 Å². The molecular formula is C12H21N3O4S. The molecular weight excluding hydrogens is 282 g/mol. The number of piperazine rings is 1. The topological polar surface area (TPSA) is 86.9 Å². The van der Waals surface area contributed by atoms with Crippen molar-refractivity contribution in [3.8, 4) is 0 Å². The molecule has 114 valence electrons. The van der Waals surface area contributed by atoms with Crippen LogP contribution in [0.5, 0.6) is 0 Å². The zero-order chi connectivity index (χ0) is 14.8. The molecule has 2 heterocycles. The average molecular weight is 303 g/mol. The molecule has 1 saturated heterocycles. The molecule has 0 bridgehead atoms. The number of aliphatic hydroxyl groups excluding tert-OH is 1. The van der Waals surface area contributed by atoms with E-state index in [0.29, 0.717) is 37.6 Å². The van der Waals surface area contributed by atoms with E-state index < -0.39 is 10.0 Å². The highest BCUT2D eigenvalue weighted by atomic mass is 32.2. The van der Waals surface area contributed by atoms with E-state index in [1.807, 2.05) is 0 Å². The van der Waals surface area contributed by atoms with Gasteiger partial charge in [0, 0.05) is 39.3 Å². The molecule has 0 atom stereocenters. The van der Waals surface area contributed by atoms with Gasteiger partial charge in [-0.2, -0.15) is 4.31 Å². The van der Waals surface area contributed by atoms with Crippen LogP contribution in [-0.2, 0) is 10.0 Å². The Morgan fingerprint density at radius 2 is 1.90 bits per heavy atom. The largest absolute Gasteiger partial charge is 0.396 e. The molecule has 1 aromatic rings. The second kappa shape index (κ2) is 6.21. The van der Waals surface area contributed by atoms with Crippen LogP contribution in [0.4, 0.5) is 0 Å². The van der Waals surface area contributed by atoms with Gasteiger partial charge in [-0.05, 0) is 20.3 Å². The van der Waals surface area contributed by atoms with E-state index in [4.69, 9.17) is 9.63 Å². The van der Waals surface area contributed by atoms with Crippen LogP contribution in [0, 0.1) is 13.8 Å². The van der Waals surface area contributed by atoms with E-state index in [1.54, 1.807) is 13.8 Å². The normalized spacial score (nSPS) is 18.6. The van der Waals surface area contributed by atoms with Gasteiger partial charge in [-0.25, -0.2) is 8.42 Å². The monoisotopic (exact) mass is 303 g/mol. The van der Waals surface area contributed by atoms with Crippen molar-refractivity contribution >= 4 is 10.0 Å². The molecule has 2 rings (SSSR count). The van der Waals surface area contributed by atoms with Crippen LogP contribution in [0.1, 0.15) is 17.9 Å². The lowest BCUT2D eigenvalue weighted by molar-refractivity contribution is 0.171. The predicted octanol–water partition coefficient (Wildman–Crippen LogP) is -0.0199. The number of aliphatic hydroxyl groups is 1. The minimum absolute atomic E-state index is 0.164. The third-order valence-corrected chi connectivity index (χ3v) is 5.67. The number of sulfonamides is 1. The lowest BCUT2D eigenvalue weighted by atomic mass is 10.3. The Morgan fingerprint density at radius 3 is 2.40 bits per heavy atom. The van der Waals surface area contributed by atoms with E-state index in [0.717, 1.165) is 13.0 Å². The number of hydrogen-bond donors (Lipinski definition) is 1. The lowest BCUT2D eigenvalue weighted by Gasteiger charge is -2.33.